The first kappa shape index (κ1) is 33.9. The molecule has 0 aromatic heterocycles. The van der Waals surface area contributed by atoms with Crippen molar-refractivity contribution in [2.24, 2.45) is 0 Å². The first-order valence-electron chi connectivity index (χ1n) is 20.2. The standard InChI is InChI=1S/C55H38GeNP/c1-4-20-39(21-5-1)56(40-22-6-2-7-23-40)49-32-16-19-35-53(49)58(42-24-8-3-9-25-42)54-37-36-41(38-50(54)56)57-51-33-17-14-30-47(51)55(48-31-15-18-34-52(48)57)45-28-12-10-26-43(45)44-27-11-13-29-46(44)55/h1-38H. The van der Waals surface area contributed by atoms with Gasteiger partial charge in [0, 0.05) is 0 Å². The van der Waals surface area contributed by atoms with E-state index in [4.69, 9.17) is 0 Å². The predicted octanol–water partition coefficient (Wildman–Crippen LogP) is 9.28. The Morgan fingerprint density at radius 3 is 1.40 bits per heavy atom. The number of rotatable bonds is 4. The summed E-state index contributed by atoms with van der Waals surface area (Å²) in [6.45, 7) is 0. The average Bonchev–Trinajstić information content (AvgIpc) is 3.60. The van der Waals surface area contributed by atoms with Crippen molar-refractivity contribution < 1.29 is 0 Å². The van der Waals surface area contributed by atoms with Crippen LogP contribution < -0.4 is 38.4 Å². The molecule has 0 amide bonds. The summed E-state index contributed by atoms with van der Waals surface area (Å²) in [4.78, 5) is 2.58. The van der Waals surface area contributed by atoms with E-state index in [1.54, 1.807) is 0 Å². The molecule has 9 aromatic rings. The van der Waals surface area contributed by atoms with E-state index >= 15 is 0 Å². The van der Waals surface area contributed by atoms with E-state index in [9.17, 15) is 0 Å². The van der Waals surface area contributed by atoms with Gasteiger partial charge in [0.05, 0.1) is 0 Å². The van der Waals surface area contributed by atoms with Crippen molar-refractivity contribution in [3.8, 4) is 11.1 Å². The van der Waals surface area contributed by atoms with Gasteiger partial charge in [-0.25, -0.2) is 0 Å². The van der Waals surface area contributed by atoms with E-state index in [0.717, 1.165) is 0 Å². The molecule has 0 bridgehead atoms. The number of benzene rings is 9. The molecule has 0 saturated heterocycles. The normalized spacial score (nSPS) is 16.0. The quantitative estimate of drug-likeness (QED) is 0.127. The van der Waals surface area contributed by atoms with E-state index in [1.165, 1.54) is 83.9 Å². The van der Waals surface area contributed by atoms with Crippen molar-refractivity contribution >= 4 is 71.7 Å². The maximum absolute atomic E-state index is 3.67. The molecule has 1 nitrogen and oxygen atoms in total. The maximum atomic E-state index is 2.63. The van der Waals surface area contributed by atoms with Crippen LogP contribution in [0.2, 0.25) is 0 Å². The fraction of sp³-hybridized carbons (Fsp3) is 0.0182. The Morgan fingerprint density at radius 2 is 0.810 bits per heavy atom. The third kappa shape index (κ3) is 4.52. The van der Waals surface area contributed by atoms with Crippen LogP contribution in [0.1, 0.15) is 22.3 Å². The second-order valence-electron chi connectivity index (χ2n) is 15.6. The van der Waals surface area contributed by atoms with Crippen molar-refractivity contribution in [1.29, 1.82) is 0 Å². The predicted molar refractivity (Wildman–Crippen MR) is 248 cm³/mol. The Bertz CT molecular complexity index is 2900. The summed E-state index contributed by atoms with van der Waals surface area (Å²) in [5.41, 5.74) is 11.2. The van der Waals surface area contributed by atoms with Gasteiger partial charge >= 0.3 is 346 Å². The van der Waals surface area contributed by atoms with Crippen molar-refractivity contribution in [1.82, 2.24) is 0 Å². The summed E-state index contributed by atoms with van der Waals surface area (Å²) in [7, 11) is -0.815. The van der Waals surface area contributed by atoms with Gasteiger partial charge in [-0.05, 0) is 0 Å². The molecule has 1 aliphatic carbocycles. The molecule has 58 heavy (non-hydrogen) atoms. The molecule has 1 spiro atoms. The van der Waals surface area contributed by atoms with Crippen molar-refractivity contribution in [3.63, 3.8) is 0 Å². The summed E-state index contributed by atoms with van der Waals surface area (Å²) in [5.74, 6) is 0. The third-order valence-electron chi connectivity index (χ3n) is 12.9. The van der Waals surface area contributed by atoms with Crippen LogP contribution in [0.5, 0.6) is 0 Å². The van der Waals surface area contributed by atoms with Crippen molar-refractivity contribution in [2.75, 3.05) is 4.90 Å². The minimum atomic E-state index is -3.67. The van der Waals surface area contributed by atoms with E-state index < -0.39 is 26.6 Å². The Morgan fingerprint density at radius 1 is 0.362 bits per heavy atom. The molecule has 12 rings (SSSR count). The van der Waals surface area contributed by atoms with Crippen LogP contribution >= 0.6 is 7.92 Å². The van der Waals surface area contributed by atoms with Crippen LogP contribution in [0.3, 0.4) is 0 Å². The number of para-hydroxylation sites is 2. The summed E-state index contributed by atoms with van der Waals surface area (Å²) in [6.07, 6.45) is 0. The number of anilines is 3. The molecular formula is C55H38GeNP. The molecule has 272 valence electrons. The molecule has 3 heteroatoms. The molecule has 1 atom stereocenters. The van der Waals surface area contributed by atoms with Gasteiger partial charge in [0.2, 0.25) is 0 Å². The monoisotopic (exact) mass is 817 g/mol. The Kier molecular flexibility index (Phi) is 7.67. The van der Waals surface area contributed by atoms with Gasteiger partial charge < -0.3 is 0 Å². The van der Waals surface area contributed by atoms with Crippen molar-refractivity contribution in [2.45, 2.75) is 5.41 Å². The zero-order valence-corrected chi connectivity index (χ0v) is 34.8. The molecule has 2 aliphatic heterocycles. The molecule has 0 saturated carbocycles. The fourth-order valence-electron chi connectivity index (χ4n) is 10.8. The van der Waals surface area contributed by atoms with Gasteiger partial charge in [0.25, 0.3) is 0 Å². The van der Waals surface area contributed by atoms with Gasteiger partial charge in [-0.1, -0.05) is 0 Å². The van der Waals surface area contributed by atoms with Gasteiger partial charge in [0.15, 0.2) is 0 Å². The summed E-state index contributed by atoms with van der Waals surface area (Å²) in [5, 5.41) is 4.36. The van der Waals surface area contributed by atoms with E-state index in [-0.39, 0.29) is 0 Å². The number of hydrogen-bond acceptors (Lipinski definition) is 1. The Balaban J connectivity index is 1.18. The Labute approximate surface area is 344 Å². The van der Waals surface area contributed by atoms with Gasteiger partial charge in [-0.2, -0.15) is 0 Å². The molecule has 9 aromatic carbocycles. The van der Waals surface area contributed by atoms with Crippen LogP contribution in [0.4, 0.5) is 17.1 Å². The third-order valence-corrected chi connectivity index (χ3v) is 26.6. The minimum absolute atomic E-state index is 0.443. The second kappa shape index (κ2) is 13.1. The van der Waals surface area contributed by atoms with Crippen LogP contribution in [-0.4, -0.2) is 13.3 Å². The van der Waals surface area contributed by atoms with Gasteiger partial charge in [-0.15, -0.1) is 0 Å². The fourth-order valence-corrected chi connectivity index (χ4v) is 26.6. The molecule has 3 aliphatic rings. The number of nitrogens with zero attached hydrogens (tertiary/aromatic N) is 1. The van der Waals surface area contributed by atoms with Crippen LogP contribution in [0.25, 0.3) is 11.1 Å². The van der Waals surface area contributed by atoms with Crippen LogP contribution in [-0.2, 0) is 5.41 Å². The summed E-state index contributed by atoms with van der Waals surface area (Å²) >= 11 is -3.67. The topological polar surface area (TPSA) is 3.24 Å². The number of hydrogen-bond donors (Lipinski definition) is 0. The molecule has 1 unspecified atom stereocenters. The molecule has 2 heterocycles. The average molecular weight is 816 g/mol. The zero-order valence-electron chi connectivity index (χ0n) is 31.8. The first-order chi connectivity index (χ1) is 28.8. The van der Waals surface area contributed by atoms with Crippen molar-refractivity contribution in [3.05, 3.63) is 253 Å². The second-order valence-corrected chi connectivity index (χ2v) is 25.6. The molecule has 0 N–H and O–H groups in total. The SMILES string of the molecule is c1ccc(P2c3cccc[c]3[Ge]([c]3ccccc3)([c]3ccccc3)[c]3cc(N4c5ccccc5C5(c6ccccc6-c6ccccc65)c5ccccc54)ccc32)cc1. The molecule has 0 radical (unpaired) electrons. The van der Waals surface area contributed by atoms with E-state index in [0.29, 0.717) is 0 Å². The summed E-state index contributed by atoms with van der Waals surface area (Å²) < 4.78 is 5.98. The summed E-state index contributed by atoms with van der Waals surface area (Å²) in [6, 6.07) is 87.9. The van der Waals surface area contributed by atoms with E-state index in [1.807, 2.05) is 0 Å². The van der Waals surface area contributed by atoms with Crippen LogP contribution in [0, 0.1) is 0 Å². The van der Waals surface area contributed by atoms with Crippen LogP contribution in [0.15, 0.2) is 231 Å². The van der Waals surface area contributed by atoms with E-state index in [2.05, 4.69) is 235 Å². The van der Waals surface area contributed by atoms with Gasteiger partial charge in [0.1, 0.15) is 0 Å². The Hall–Kier alpha value is -6.25. The van der Waals surface area contributed by atoms with Gasteiger partial charge in [-0.3, -0.25) is 0 Å². The first-order valence-corrected chi connectivity index (χ1v) is 25.7. The molecule has 0 fully saturated rings. The number of fused-ring (bicyclic) bond motifs is 11. The zero-order chi connectivity index (χ0) is 38.3. The molecular weight excluding hydrogens is 778 g/mol.